The van der Waals surface area contributed by atoms with E-state index < -0.39 is 12.2 Å². The zero-order valence-corrected chi connectivity index (χ0v) is 21.4. The number of amides is 2. The Hall–Kier alpha value is -3.98. The third-order valence-electron chi connectivity index (χ3n) is 7.63. The summed E-state index contributed by atoms with van der Waals surface area (Å²) in [6.45, 7) is 3.82. The van der Waals surface area contributed by atoms with Gasteiger partial charge >= 0.3 is 6.02 Å². The number of allylic oxidation sites excluding steroid dienone is 2. The van der Waals surface area contributed by atoms with Crippen molar-refractivity contribution >= 4 is 29.4 Å². The van der Waals surface area contributed by atoms with Crippen molar-refractivity contribution in [2.75, 3.05) is 25.4 Å². The zero-order chi connectivity index (χ0) is 26.8. The van der Waals surface area contributed by atoms with Gasteiger partial charge in [-0.25, -0.2) is 4.98 Å². The summed E-state index contributed by atoms with van der Waals surface area (Å²) in [4.78, 5) is 40.2. The number of hydrogen-bond donors (Lipinski definition) is 4. The number of nitrogens with zero attached hydrogens (tertiary/aromatic N) is 5. The van der Waals surface area contributed by atoms with Gasteiger partial charge in [0.15, 0.2) is 17.8 Å². The Morgan fingerprint density at radius 1 is 1.32 bits per heavy atom. The van der Waals surface area contributed by atoms with Crippen LogP contribution in [0.1, 0.15) is 61.1 Å². The molecule has 4 unspecified atom stereocenters. The molecule has 1 aromatic rings. The lowest BCUT2D eigenvalue weighted by Gasteiger charge is -2.37. The van der Waals surface area contributed by atoms with Crippen LogP contribution in [-0.2, 0) is 9.53 Å². The second-order valence-electron chi connectivity index (χ2n) is 10.3. The summed E-state index contributed by atoms with van der Waals surface area (Å²) in [6.07, 6.45) is 5.79. The fourth-order valence-electron chi connectivity index (χ4n) is 4.99. The van der Waals surface area contributed by atoms with E-state index in [2.05, 4.69) is 49.6 Å². The van der Waals surface area contributed by atoms with Gasteiger partial charge < -0.3 is 26.8 Å². The maximum atomic E-state index is 13.0. The van der Waals surface area contributed by atoms with Crippen LogP contribution in [0.3, 0.4) is 0 Å². The molecule has 4 aliphatic rings. The topological polar surface area (TPSA) is 184 Å². The first kappa shape index (κ1) is 25.7. The van der Waals surface area contributed by atoms with Gasteiger partial charge in [0, 0.05) is 36.3 Å². The van der Waals surface area contributed by atoms with Crippen molar-refractivity contribution in [1.82, 2.24) is 20.5 Å². The summed E-state index contributed by atoms with van der Waals surface area (Å²) >= 11 is 0. The molecule has 200 valence electrons. The SMILES string of the molecule is CCC1C=C(NC(=O)C2=NC(OCC3CC3C#N)=NC(N3CCC(c4ccc(N)c(C(N)=O)n4)CC3)N2)C1. The van der Waals surface area contributed by atoms with Crippen molar-refractivity contribution in [3.8, 4) is 6.07 Å². The highest BCUT2D eigenvalue weighted by molar-refractivity contribution is 6.40. The van der Waals surface area contributed by atoms with Gasteiger partial charge in [-0.1, -0.05) is 13.0 Å². The number of rotatable bonds is 8. The van der Waals surface area contributed by atoms with Crippen LogP contribution in [0.5, 0.6) is 0 Å². The predicted octanol–water partition coefficient (Wildman–Crippen LogP) is 1.19. The molecular weight excluding hydrogens is 486 g/mol. The number of aromatic nitrogens is 1. The highest BCUT2D eigenvalue weighted by Gasteiger charge is 2.39. The van der Waals surface area contributed by atoms with Gasteiger partial charge in [-0.3, -0.25) is 14.5 Å². The van der Waals surface area contributed by atoms with E-state index in [1.165, 1.54) is 0 Å². The lowest BCUT2D eigenvalue weighted by Crippen LogP contribution is -2.55. The molecule has 3 heterocycles. The van der Waals surface area contributed by atoms with Crippen LogP contribution in [-0.4, -0.2) is 59.5 Å². The quantitative estimate of drug-likeness (QED) is 0.394. The van der Waals surface area contributed by atoms with E-state index in [1.54, 1.807) is 6.07 Å². The number of pyridine rings is 1. The fourth-order valence-corrected chi connectivity index (χ4v) is 4.99. The van der Waals surface area contributed by atoms with Gasteiger partial charge in [0.1, 0.15) is 0 Å². The van der Waals surface area contributed by atoms with Crippen molar-refractivity contribution < 1.29 is 14.3 Å². The summed E-state index contributed by atoms with van der Waals surface area (Å²) in [5.74, 6) is 0.00290. The molecule has 6 N–H and O–H groups in total. The summed E-state index contributed by atoms with van der Waals surface area (Å²) in [6, 6.07) is 5.90. The number of nitriles is 1. The maximum absolute atomic E-state index is 13.0. The van der Waals surface area contributed by atoms with Crippen molar-refractivity contribution in [2.45, 2.75) is 51.2 Å². The summed E-state index contributed by atoms with van der Waals surface area (Å²) in [5.41, 5.74) is 13.3. The Balaban J connectivity index is 1.25. The molecule has 0 radical (unpaired) electrons. The molecule has 2 amide bonds. The number of aliphatic imine (C=N–C) groups is 2. The second kappa shape index (κ2) is 10.8. The molecule has 0 aromatic carbocycles. The molecule has 2 aliphatic carbocycles. The van der Waals surface area contributed by atoms with Gasteiger partial charge in [0.25, 0.3) is 11.8 Å². The largest absolute Gasteiger partial charge is 0.463 e. The molecule has 38 heavy (non-hydrogen) atoms. The minimum atomic E-state index is -0.643. The van der Waals surface area contributed by atoms with Crippen molar-refractivity contribution in [3.05, 3.63) is 35.3 Å². The number of likely N-dealkylation sites (tertiary alicyclic amines) is 1. The molecule has 4 atom stereocenters. The fraction of sp³-hybridized carbons (Fsp3) is 0.538. The molecule has 12 nitrogen and oxygen atoms in total. The number of carbonyl (C=O) groups is 2. The molecule has 0 spiro atoms. The van der Waals surface area contributed by atoms with Crippen LogP contribution >= 0.6 is 0 Å². The number of primary amides is 1. The van der Waals surface area contributed by atoms with Crippen LogP contribution in [0.15, 0.2) is 33.9 Å². The molecule has 1 saturated heterocycles. The van der Waals surface area contributed by atoms with E-state index in [1.807, 2.05) is 6.07 Å². The van der Waals surface area contributed by atoms with E-state index in [9.17, 15) is 9.59 Å². The van der Waals surface area contributed by atoms with E-state index in [0.717, 1.165) is 43.5 Å². The Kier molecular flexibility index (Phi) is 7.28. The molecule has 5 rings (SSSR count). The molecular formula is C26H33N9O3. The van der Waals surface area contributed by atoms with Crippen molar-refractivity contribution in [3.63, 3.8) is 0 Å². The number of carbonyl (C=O) groups excluding carboxylic acids is 2. The number of anilines is 1. The molecule has 0 bridgehead atoms. The smallest absolute Gasteiger partial charge is 0.317 e. The summed E-state index contributed by atoms with van der Waals surface area (Å²) in [5, 5.41) is 15.2. The number of hydrogen-bond acceptors (Lipinski definition) is 10. The predicted molar refractivity (Wildman–Crippen MR) is 140 cm³/mol. The number of ether oxygens (including phenoxy) is 1. The van der Waals surface area contributed by atoms with Gasteiger partial charge in [-0.05, 0) is 50.2 Å². The van der Waals surface area contributed by atoms with E-state index in [-0.39, 0.29) is 46.9 Å². The summed E-state index contributed by atoms with van der Waals surface area (Å²) < 4.78 is 5.84. The van der Waals surface area contributed by atoms with Crippen molar-refractivity contribution in [1.29, 1.82) is 5.26 Å². The van der Waals surface area contributed by atoms with Crippen LogP contribution in [0.2, 0.25) is 0 Å². The number of piperidine rings is 1. The van der Waals surface area contributed by atoms with Crippen LogP contribution in [0.25, 0.3) is 0 Å². The molecule has 1 saturated carbocycles. The molecule has 2 fully saturated rings. The Labute approximate surface area is 221 Å². The first-order valence-corrected chi connectivity index (χ1v) is 13.1. The third kappa shape index (κ3) is 5.62. The van der Waals surface area contributed by atoms with Gasteiger partial charge in [0.05, 0.1) is 24.3 Å². The minimum absolute atomic E-state index is 0.00739. The number of nitrogens with two attached hydrogens (primary N) is 2. The molecule has 1 aromatic heterocycles. The monoisotopic (exact) mass is 519 g/mol. The van der Waals surface area contributed by atoms with Crippen molar-refractivity contribution in [2.24, 2.45) is 33.5 Å². The second-order valence-corrected chi connectivity index (χ2v) is 10.3. The average Bonchev–Trinajstić information content (AvgIpc) is 3.68. The zero-order valence-electron chi connectivity index (χ0n) is 21.4. The highest BCUT2D eigenvalue weighted by Crippen LogP contribution is 2.38. The lowest BCUT2D eigenvalue weighted by molar-refractivity contribution is -0.114. The normalized spacial score (nSPS) is 27.0. The van der Waals surface area contributed by atoms with Gasteiger partial charge in [0.2, 0.25) is 0 Å². The van der Waals surface area contributed by atoms with Crippen LogP contribution < -0.4 is 22.1 Å². The van der Waals surface area contributed by atoms with Gasteiger partial charge in [-0.15, -0.1) is 0 Å². The maximum Gasteiger partial charge on any atom is 0.317 e. The van der Waals surface area contributed by atoms with Crippen LogP contribution in [0, 0.1) is 29.1 Å². The molecule has 2 aliphatic heterocycles. The summed E-state index contributed by atoms with van der Waals surface area (Å²) in [7, 11) is 0. The van der Waals surface area contributed by atoms with E-state index in [4.69, 9.17) is 21.5 Å². The minimum Gasteiger partial charge on any atom is -0.463 e. The lowest BCUT2D eigenvalue weighted by atomic mass is 9.89. The average molecular weight is 520 g/mol. The number of nitrogens with one attached hydrogen (secondary N) is 2. The Morgan fingerprint density at radius 2 is 2.08 bits per heavy atom. The standard InChI is InChI=1S/C26H33N9O3/c1-2-14-9-18(10-14)30-24(37)23-32-25(34-26(33-23)38-13-17-11-16(17)12-27)35-7-5-15(6-8-35)20-4-3-19(28)21(31-20)22(29)36/h3-4,9,14-17,25H,2,5-8,10-11,13,28H2,1H3,(H2,29,36)(H,30,37)(H,32,33,34). The first-order valence-electron chi connectivity index (χ1n) is 13.1. The van der Waals surface area contributed by atoms with E-state index in [0.29, 0.717) is 25.6 Å². The van der Waals surface area contributed by atoms with Gasteiger partial charge in [-0.2, -0.15) is 15.2 Å². The number of nitrogen functional groups attached to an aromatic ring is 1. The Bertz CT molecular complexity index is 1240. The molecule has 12 heteroatoms. The van der Waals surface area contributed by atoms with E-state index >= 15 is 0 Å². The Morgan fingerprint density at radius 3 is 2.74 bits per heavy atom. The third-order valence-corrected chi connectivity index (χ3v) is 7.63. The number of amidine groups is 2. The first-order chi connectivity index (χ1) is 18.3. The van der Waals surface area contributed by atoms with Crippen LogP contribution in [0.4, 0.5) is 5.69 Å². The highest BCUT2D eigenvalue weighted by atomic mass is 16.5.